The van der Waals surface area contributed by atoms with E-state index in [0.29, 0.717) is 17.6 Å². The molecule has 0 saturated carbocycles. The van der Waals surface area contributed by atoms with Crippen molar-refractivity contribution in [1.82, 2.24) is 28.7 Å². The zero-order valence-electron chi connectivity index (χ0n) is 30.7. The van der Waals surface area contributed by atoms with Crippen molar-refractivity contribution in [2.24, 2.45) is 0 Å². The second-order valence-corrected chi connectivity index (χ2v) is 14.5. The number of aromatic nitrogens is 6. The van der Waals surface area contributed by atoms with E-state index < -0.39 is 0 Å². The molecule has 6 nitrogen and oxygen atoms in total. The molecule has 0 amide bonds. The molecule has 0 spiro atoms. The first kappa shape index (κ1) is 31.5. The van der Waals surface area contributed by atoms with Crippen LogP contribution in [0.15, 0.2) is 194 Å². The maximum Gasteiger partial charge on any atom is 0.238 e. The topological polar surface area (TPSA) is 53.5 Å². The number of nitrogens with zero attached hydrogens (tertiary/aromatic N) is 6. The zero-order chi connectivity index (χ0) is 37.5. The van der Waals surface area contributed by atoms with E-state index in [1.165, 1.54) is 38.0 Å². The summed E-state index contributed by atoms with van der Waals surface area (Å²) in [6.07, 6.45) is 0. The fourth-order valence-electron chi connectivity index (χ4n) is 8.86. The number of rotatable bonds is 5. The summed E-state index contributed by atoms with van der Waals surface area (Å²) in [5, 5.41) is 7.22. The number of fused-ring (bicyclic) bond motifs is 10. The Hall–Kier alpha value is -7.83. The molecule has 8 aromatic carbocycles. The van der Waals surface area contributed by atoms with Crippen LogP contribution in [0.25, 0.3) is 106 Å². The van der Waals surface area contributed by atoms with E-state index in [-0.39, 0.29) is 0 Å². The lowest BCUT2D eigenvalue weighted by Crippen LogP contribution is -2.06. The lowest BCUT2D eigenvalue weighted by atomic mass is 10.1. The highest BCUT2D eigenvalue weighted by Gasteiger charge is 2.23. The van der Waals surface area contributed by atoms with Crippen molar-refractivity contribution in [1.29, 1.82) is 0 Å². The van der Waals surface area contributed by atoms with Crippen molar-refractivity contribution in [3.05, 3.63) is 194 Å². The first-order valence-electron chi connectivity index (χ1n) is 19.2. The van der Waals surface area contributed by atoms with E-state index in [1.807, 2.05) is 60.7 Å². The van der Waals surface area contributed by atoms with Crippen LogP contribution in [0.1, 0.15) is 0 Å². The van der Waals surface area contributed by atoms with Crippen LogP contribution in [-0.2, 0) is 0 Å². The number of benzene rings is 8. The summed E-state index contributed by atoms with van der Waals surface area (Å²) in [4.78, 5) is 15.3. The van der Waals surface area contributed by atoms with E-state index in [4.69, 9.17) is 15.0 Å². The van der Waals surface area contributed by atoms with Gasteiger partial charge in [-0.3, -0.25) is 4.57 Å². The Morgan fingerprint density at radius 2 is 0.614 bits per heavy atom. The first-order valence-corrected chi connectivity index (χ1v) is 19.2. The fraction of sp³-hybridized carbons (Fsp3) is 0. The van der Waals surface area contributed by atoms with Gasteiger partial charge in [0.1, 0.15) is 0 Å². The van der Waals surface area contributed by atoms with Crippen LogP contribution < -0.4 is 0 Å². The quantitative estimate of drug-likeness (QED) is 0.177. The minimum atomic E-state index is 0.581. The van der Waals surface area contributed by atoms with Gasteiger partial charge >= 0.3 is 0 Å². The van der Waals surface area contributed by atoms with Gasteiger partial charge in [0.25, 0.3) is 0 Å². The van der Waals surface area contributed by atoms with E-state index >= 15 is 0 Å². The Balaban J connectivity index is 1.09. The molecule has 4 aromatic heterocycles. The van der Waals surface area contributed by atoms with Gasteiger partial charge in [0, 0.05) is 54.8 Å². The van der Waals surface area contributed by atoms with E-state index in [2.05, 4.69) is 147 Å². The Morgan fingerprint density at radius 3 is 1.09 bits per heavy atom. The molecule has 266 valence electrons. The van der Waals surface area contributed by atoms with Crippen LogP contribution in [-0.4, -0.2) is 28.7 Å². The van der Waals surface area contributed by atoms with Gasteiger partial charge in [-0.2, -0.15) is 9.97 Å². The van der Waals surface area contributed by atoms with Crippen LogP contribution in [0.4, 0.5) is 0 Å². The zero-order valence-corrected chi connectivity index (χ0v) is 30.7. The molecule has 0 aliphatic heterocycles. The minimum Gasteiger partial charge on any atom is -0.309 e. The molecule has 4 heterocycles. The van der Waals surface area contributed by atoms with Crippen molar-refractivity contribution in [3.8, 4) is 40.1 Å². The third-order valence-electron chi connectivity index (χ3n) is 11.3. The van der Waals surface area contributed by atoms with Crippen molar-refractivity contribution in [3.63, 3.8) is 0 Å². The monoisotopic (exact) mass is 728 g/mol. The van der Waals surface area contributed by atoms with E-state index in [1.54, 1.807) is 0 Å². The maximum atomic E-state index is 5.17. The molecule has 0 atom stereocenters. The molecular formula is C51H32N6. The number of hydrogen-bond acceptors (Lipinski definition) is 3. The normalized spacial score (nSPS) is 11.9. The highest BCUT2D eigenvalue weighted by Crippen LogP contribution is 2.42. The average Bonchev–Trinajstić information content (AvgIpc) is 3.93. The largest absolute Gasteiger partial charge is 0.309 e. The summed E-state index contributed by atoms with van der Waals surface area (Å²) >= 11 is 0. The van der Waals surface area contributed by atoms with Gasteiger partial charge in [-0.1, -0.05) is 133 Å². The Morgan fingerprint density at radius 1 is 0.263 bits per heavy atom. The molecule has 57 heavy (non-hydrogen) atoms. The third kappa shape index (κ3) is 4.74. The maximum absolute atomic E-state index is 5.17. The van der Waals surface area contributed by atoms with Crippen molar-refractivity contribution >= 4 is 65.4 Å². The molecule has 12 rings (SSSR count). The summed E-state index contributed by atoms with van der Waals surface area (Å²) in [5.74, 6) is 1.84. The molecule has 0 bridgehead atoms. The van der Waals surface area contributed by atoms with Crippen LogP contribution in [0.2, 0.25) is 0 Å². The highest BCUT2D eigenvalue weighted by atomic mass is 15.2. The van der Waals surface area contributed by atoms with Gasteiger partial charge in [0.15, 0.2) is 11.6 Å². The number of para-hydroxylation sites is 4. The molecule has 0 radical (unpaired) electrons. The summed E-state index contributed by atoms with van der Waals surface area (Å²) in [5.41, 5.74) is 10.9. The molecule has 6 heteroatoms. The summed E-state index contributed by atoms with van der Waals surface area (Å²) < 4.78 is 6.97. The number of hydrogen-bond donors (Lipinski definition) is 0. The smallest absolute Gasteiger partial charge is 0.238 e. The predicted molar refractivity (Wildman–Crippen MR) is 234 cm³/mol. The van der Waals surface area contributed by atoms with Gasteiger partial charge in [-0.15, -0.1) is 0 Å². The van der Waals surface area contributed by atoms with Gasteiger partial charge in [0.2, 0.25) is 5.95 Å². The second-order valence-electron chi connectivity index (χ2n) is 14.5. The van der Waals surface area contributed by atoms with Crippen molar-refractivity contribution in [2.75, 3.05) is 0 Å². The molecule has 0 fully saturated rings. The average molecular weight is 729 g/mol. The fourth-order valence-corrected chi connectivity index (χ4v) is 8.86. The van der Waals surface area contributed by atoms with Crippen LogP contribution in [0, 0.1) is 0 Å². The summed E-state index contributed by atoms with van der Waals surface area (Å²) in [7, 11) is 0. The summed E-state index contributed by atoms with van der Waals surface area (Å²) in [6.45, 7) is 0. The Kier molecular flexibility index (Phi) is 6.83. The van der Waals surface area contributed by atoms with Gasteiger partial charge < -0.3 is 9.13 Å². The van der Waals surface area contributed by atoms with Gasteiger partial charge in [0.05, 0.1) is 33.1 Å². The molecule has 12 aromatic rings. The SMILES string of the molecule is c1ccc(-c2nc(-c3ccccc3)nc(-n3c4ccccc4c4c5c6ccccc6n(-c6ccc(-n7c8ccccc8c8ccccc87)cc6)c5ccc43)n2)cc1. The molecular weight excluding hydrogens is 697 g/mol. The van der Waals surface area contributed by atoms with Crippen LogP contribution in [0.5, 0.6) is 0 Å². The summed E-state index contributed by atoms with van der Waals surface area (Å²) in [6, 6.07) is 68.4. The third-order valence-corrected chi connectivity index (χ3v) is 11.3. The lowest BCUT2D eigenvalue weighted by Gasteiger charge is -2.12. The molecule has 0 unspecified atom stereocenters. The van der Waals surface area contributed by atoms with Crippen molar-refractivity contribution < 1.29 is 0 Å². The van der Waals surface area contributed by atoms with Crippen LogP contribution in [0.3, 0.4) is 0 Å². The van der Waals surface area contributed by atoms with Gasteiger partial charge in [-0.25, -0.2) is 4.98 Å². The first-order chi connectivity index (χ1) is 28.3. The molecule has 0 N–H and O–H groups in total. The predicted octanol–water partition coefficient (Wildman–Crippen LogP) is 12.5. The molecule has 0 aliphatic rings. The Bertz CT molecular complexity index is 3390. The Labute approximate surface area is 327 Å². The van der Waals surface area contributed by atoms with E-state index in [9.17, 15) is 0 Å². The van der Waals surface area contributed by atoms with Crippen molar-refractivity contribution in [2.45, 2.75) is 0 Å². The van der Waals surface area contributed by atoms with E-state index in [0.717, 1.165) is 50.0 Å². The minimum absolute atomic E-state index is 0.581. The second kappa shape index (κ2) is 12.3. The van der Waals surface area contributed by atoms with Crippen LogP contribution >= 0.6 is 0 Å². The lowest BCUT2D eigenvalue weighted by molar-refractivity contribution is 0.953. The standard InChI is InChI=1S/C51H32N6/c1-3-15-33(16-4-1)49-52-50(34-17-5-2-6-18-34)54-51(53-49)57-44-26-14-10-22-40(44)48-46(57)32-31-45-47(48)39-21-9-13-25-43(39)56(45)36-29-27-35(28-30-36)55-41-23-11-7-19-37(41)38-20-8-12-24-42(38)55/h1-32H. The molecule has 0 aliphatic carbocycles. The molecule has 0 saturated heterocycles. The highest BCUT2D eigenvalue weighted by molar-refractivity contribution is 6.28. The van der Waals surface area contributed by atoms with Gasteiger partial charge in [-0.05, 0) is 60.7 Å².